The van der Waals surface area contributed by atoms with Crippen LogP contribution in [0.5, 0.6) is 0 Å². The molecule has 150 valence electrons. The van der Waals surface area contributed by atoms with Crippen LogP contribution in [0.2, 0.25) is 0 Å². The highest BCUT2D eigenvalue weighted by atomic mass is 14.2. The standard InChI is InChI=1S/C26H46/c1-5-9-13-23(14-10-6-2)21-25-17-19-26(20-18-25)22-24(15-11-7-3)16-12-8-4/h17-20,23-24H,5-16,21-22H2,1-4H3. The van der Waals surface area contributed by atoms with Gasteiger partial charge in [-0.1, -0.05) is 129 Å². The minimum absolute atomic E-state index is 0.891. The summed E-state index contributed by atoms with van der Waals surface area (Å²) in [6.45, 7) is 9.27. The van der Waals surface area contributed by atoms with Gasteiger partial charge in [-0.2, -0.15) is 0 Å². The molecule has 0 spiro atoms. The van der Waals surface area contributed by atoms with Crippen LogP contribution in [-0.2, 0) is 12.8 Å². The summed E-state index contributed by atoms with van der Waals surface area (Å²) < 4.78 is 0. The Morgan fingerprint density at radius 3 is 1.00 bits per heavy atom. The van der Waals surface area contributed by atoms with E-state index in [1.807, 2.05) is 0 Å². The molecule has 0 fully saturated rings. The van der Waals surface area contributed by atoms with Crippen LogP contribution in [0.3, 0.4) is 0 Å². The largest absolute Gasteiger partial charge is 0.0654 e. The van der Waals surface area contributed by atoms with E-state index in [1.165, 1.54) is 89.9 Å². The van der Waals surface area contributed by atoms with Gasteiger partial charge in [-0.25, -0.2) is 0 Å². The molecule has 0 heteroatoms. The van der Waals surface area contributed by atoms with Gasteiger partial charge in [0.05, 0.1) is 0 Å². The molecule has 26 heavy (non-hydrogen) atoms. The van der Waals surface area contributed by atoms with Crippen molar-refractivity contribution in [1.82, 2.24) is 0 Å². The van der Waals surface area contributed by atoms with Crippen molar-refractivity contribution in [3.8, 4) is 0 Å². The molecular weight excluding hydrogens is 312 g/mol. The molecule has 0 saturated carbocycles. The summed E-state index contributed by atoms with van der Waals surface area (Å²) in [6.07, 6.45) is 19.1. The minimum Gasteiger partial charge on any atom is -0.0654 e. The zero-order valence-corrected chi connectivity index (χ0v) is 18.4. The van der Waals surface area contributed by atoms with E-state index in [1.54, 1.807) is 11.1 Å². The first-order valence-electron chi connectivity index (χ1n) is 11.8. The number of unbranched alkanes of at least 4 members (excludes halogenated alkanes) is 4. The molecule has 0 aliphatic rings. The van der Waals surface area contributed by atoms with Gasteiger partial charge in [0.15, 0.2) is 0 Å². The molecular formula is C26H46. The molecule has 0 unspecified atom stereocenters. The SMILES string of the molecule is CCCCC(CCCC)Cc1ccc(CC(CCCC)CCCC)cc1. The van der Waals surface area contributed by atoms with E-state index in [0.29, 0.717) is 0 Å². The van der Waals surface area contributed by atoms with Crippen LogP contribution in [-0.4, -0.2) is 0 Å². The molecule has 0 nitrogen and oxygen atoms in total. The van der Waals surface area contributed by atoms with E-state index < -0.39 is 0 Å². The molecule has 0 aliphatic heterocycles. The van der Waals surface area contributed by atoms with Crippen molar-refractivity contribution >= 4 is 0 Å². The van der Waals surface area contributed by atoms with Crippen LogP contribution < -0.4 is 0 Å². The topological polar surface area (TPSA) is 0 Å². The lowest BCUT2D eigenvalue weighted by Crippen LogP contribution is -2.07. The van der Waals surface area contributed by atoms with Crippen molar-refractivity contribution in [3.05, 3.63) is 35.4 Å². The summed E-state index contributed by atoms with van der Waals surface area (Å²) in [7, 11) is 0. The lowest BCUT2D eigenvalue weighted by molar-refractivity contribution is 0.415. The molecule has 1 aromatic carbocycles. The summed E-state index contributed by atoms with van der Waals surface area (Å²) in [5.74, 6) is 1.78. The molecule has 0 radical (unpaired) electrons. The second-order valence-electron chi connectivity index (χ2n) is 8.53. The van der Waals surface area contributed by atoms with Gasteiger partial charge in [0.2, 0.25) is 0 Å². The van der Waals surface area contributed by atoms with E-state index in [9.17, 15) is 0 Å². The normalized spacial score (nSPS) is 11.6. The highest BCUT2D eigenvalue weighted by Gasteiger charge is 2.11. The summed E-state index contributed by atoms with van der Waals surface area (Å²) in [5, 5.41) is 0. The first-order valence-corrected chi connectivity index (χ1v) is 11.8. The third kappa shape index (κ3) is 10.4. The van der Waals surface area contributed by atoms with E-state index in [0.717, 1.165) is 11.8 Å². The highest BCUT2D eigenvalue weighted by molar-refractivity contribution is 5.23. The summed E-state index contributed by atoms with van der Waals surface area (Å²) in [6, 6.07) is 9.71. The van der Waals surface area contributed by atoms with Crippen LogP contribution in [0, 0.1) is 11.8 Å². The molecule has 0 N–H and O–H groups in total. The van der Waals surface area contributed by atoms with Crippen LogP contribution >= 0.6 is 0 Å². The Bertz CT molecular complexity index is 359. The fourth-order valence-electron chi connectivity index (χ4n) is 4.15. The number of hydrogen-bond donors (Lipinski definition) is 0. The zero-order valence-electron chi connectivity index (χ0n) is 18.4. The van der Waals surface area contributed by atoms with Crippen LogP contribution in [0.15, 0.2) is 24.3 Å². The fourth-order valence-corrected chi connectivity index (χ4v) is 4.15. The molecule has 0 aliphatic carbocycles. The second kappa shape index (κ2) is 15.3. The Balaban J connectivity index is 2.58. The van der Waals surface area contributed by atoms with Crippen molar-refractivity contribution in [2.45, 2.75) is 118 Å². The maximum atomic E-state index is 2.43. The Morgan fingerprint density at radius 2 is 0.769 bits per heavy atom. The van der Waals surface area contributed by atoms with Gasteiger partial charge >= 0.3 is 0 Å². The summed E-state index contributed by atoms with van der Waals surface area (Å²) in [5.41, 5.74) is 3.12. The van der Waals surface area contributed by atoms with Crippen molar-refractivity contribution in [2.75, 3.05) is 0 Å². The van der Waals surface area contributed by atoms with Gasteiger partial charge in [0.1, 0.15) is 0 Å². The Kier molecular flexibility index (Phi) is 13.7. The third-order valence-electron chi connectivity index (χ3n) is 5.94. The lowest BCUT2D eigenvalue weighted by atomic mass is 9.87. The number of benzene rings is 1. The molecule has 1 aromatic rings. The second-order valence-corrected chi connectivity index (χ2v) is 8.53. The molecule has 0 atom stereocenters. The first kappa shape index (κ1) is 23.3. The smallest absolute Gasteiger partial charge is 0.0250 e. The molecule has 0 saturated heterocycles. The first-order chi connectivity index (χ1) is 12.7. The quantitative estimate of drug-likeness (QED) is 0.277. The third-order valence-corrected chi connectivity index (χ3v) is 5.94. The average Bonchev–Trinajstić information content (AvgIpc) is 2.67. The van der Waals surface area contributed by atoms with Crippen LogP contribution in [0.1, 0.15) is 116 Å². The van der Waals surface area contributed by atoms with Gasteiger partial charge in [0.25, 0.3) is 0 Å². The predicted molar refractivity (Wildman–Crippen MR) is 119 cm³/mol. The van der Waals surface area contributed by atoms with Gasteiger partial charge < -0.3 is 0 Å². The van der Waals surface area contributed by atoms with Gasteiger partial charge in [0, 0.05) is 0 Å². The molecule has 0 heterocycles. The highest BCUT2D eigenvalue weighted by Crippen LogP contribution is 2.24. The van der Waals surface area contributed by atoms with E-state index in [4.69, 9.17) is 0 Å². The minimum atomic E-state index is 0.891. The maximum Gasteiger partial charge on any atom is -0.0250 e. The Morgan fingerprint density at radius 1 is 0.500 bits per heavy atom. The number of hydrogen-bond acceptors (Lipinski definition) is 0. The van der Waals surface area contributed by atoms with Gasteiger partial charge in [-0.3, -0.25) is 0 Å². The Hall–Kier alpha value is -0.780. The average molecular weight is 359 g/mol. The van der Waals surface area contributed by atoms with E-state index in [2.05, 4.69) is 52.0 Å². The van der Waals surface area contributed by atoms with Crippen molar-refractivity contribution in [1.29, 1.82) is 0 Å². The molecule has 0 aromatic heterocycles. The molecule has 0 bridgehead atoms. The van der Waals surface area contributed by atoms with Gasteiger partial charge in [-0.05, 0) is 35.8 Å². The number of rotatable bonds is 16. The van der Waals surface area contributed by atoms with Crippen molar-refractivity contribution in [2.24, 2.45) is 11.8 Å². The van der Waals surface area contributed by atoms with E-state index in [-0.39, 0.29) is 0 Å². The van der Waals surface area contributed by atoms with Crippen LogP contribution in [0.25, 0.3) is 0 Å². The molecule has 1 rings (SSSR count). The summed E-state index contributed by atoms with van der Waals surface area (Å²) in [4.78, 5) is 0. The zero-order chi connectivity index (χ0) is 19.0. The van der Waals surface area contributed by atoms with Gasteiger partial charge in [-0.15, -0.1) is 0 Å². The van der Waals surface area contributed by atoms with Crippen LogP contribution in [0.4, 0.5) is 0 Å². The lowest BCUT2D eigenvalue weighted by Gasteiger charge is -2.18. The molecule has 0 amide bonds. The fraction of sp³-hybridized carbons (Fsp3) is 0.769. The van der Waals surface area contributed by atoms with Crippen molar-refractivity contribution in [3.63, 3.8) is 0 Å². The maximum absolute atomic E-state index is 2.43. The van der Waals surface area contributed by atoms with Crippen molar-refractivity contribution < 1.29 is 0 Å². The monoisotopic (exact) mass is 358 g/mol. The van der Waals surface area contributed by atoms with E-state index >= 15 is 0 Å². The Labute approximate surface area is 165 Å². The predicted octanol–water partition coefficient (Wildman–Crippen LogP) is 8.76. The summed E-state index contributed by atoms with van der Waals surface area (Å²) >= 11 is 0.